The number of nitrogens with zero attached hydrogens (tertiary/aromatic N) is 1. The number of alkyl halides is 1. The number of hydrogen-bond donors (Lipinski definition) is 0. The summed E-state index contributed by atoms with van der Waals surface area (Å²) in [6, 6.07) is 7.51. The Labute approximate surface area is 130 Å². The molecule has 1 aliphatic heterocycles. The molecule has 3 rings (SSSR count). The number of hydrogen-bond acceptors (Lipinski definition) is 3. The van der Waals surface area contributed by atoms with Crippen LogP contribution in [-0.4, -0.2) is 42.0 Å². The van der Waals surface area contributed by atoms with Crippen LogP contribution in [-0.2, 0) is 4.79 Å². The van der Waals surface area contributed by atoms with Gasteiger partial charge in [-0.05, 0) is 25.0 Å². The van der Waals surface area contributed by atoms with Crippen molar-refractivity contribution in [3.05, 3.63) is 24.3 Å². The second-order valence-corrected chi connectivity index (χ2v) is 6.24. The van der Waals surface area contributed by atoms with E-state index in [1.54, 1.807) is 4.90 Å². The predicted molar refractivity (Wildman–Crippen MR) is 81.0 cm³/mol. The van der Waals surface area contributed by atoms with Gasteiger partial charge in [0.15, 0.2) is 11.5 Å². The second kappa shape index (κ2) is 6.14. The number of amides is 1. The fraction of sp³-hybridized carbons (Fsp3) is 0.562. The van der Waals surface area contributed by atoms with Gasteiger partial charge >= 0.3 is 0 Å². The zero-order valence-corrected chi connectivity index (χ0v) is 12.9. The molecular weight excluding hydrogens is 290 g/mol. The summed E-state index contributed by atoms with van der Waals surface area (Å²) in [6.45, 7) is 0.250. The third-order valence-corrected chi connectivity index (χ3v) is 4.79. The van der Waals surface area contributed by atoms with Gasteiger partial charge in [0.25, 0.3) is 5.91 Å². The fourth-order valence-corrected chi connectivity index (χ4v) is 3.48. The highest BCUT2D eigenvalue weighted by molar-refractivity contribution is 6.21. The SMILES string of the molecule is CN(C(=O)C1COc2ccccc2O1)C1CCCCC1Cl. The van der Waals surface area contributed by atoms with E-state index in [4.69, 9.17) is 21.1 Å². The Kier molecular flexibility index (Phi) is 4.24. The van der Waals surface area contributed by atoms with Gasteiger partial charge in [0.05, 0.1) is 5.38 Å². The highest BCUT2D eigenvalue weighted by Gasteiger charge is 2.35. The number of carbonyl (C=O) groups excluding carboxylic acids is 1. The molecule has 0 radical (unpaired) electrons. The van der Waals surface area contributed by atoms with E-state index < -0.39 is 6.10 Å². The van der Waals surface area contributed by atoms with Crippen molar-refractivity contribution < 1.29 is 14.3 Å². The first-order valence-corrected chi connectivity index (χ1v) is 7.89. The molecule has 1 saturated carbocycles. The highest BCUT2D eigenvalue weighted by Crippen LogP contribution is 2.32. The van der Waals surface area contributed by atoms with Gasteiger partial charge in [0, 0.05) is 13.1 Å². The van der Waals surface area contributed by atoms with E-state index >= 15 is 0 Å². The summed E-state index contributed by atoms with van der Waals surface area (Å²) < 4.78 is 11.4. The molecule has 1 amide bonds. The van der Waals surface area contributed by atoms with E-state index in [2.05, 4.69) is 0 Å². The lowest BCUT2D eigenvalue weighted by Crippen LogP contribution is -2.51. The Morgan fingerprint density at radius 2 is 1.95 bits per heavy atom. The standard InChI is InChI=1S/C16H20ClNO3/c1-18(12-7-3-2-6-11(12)17)16(19)15-10-20-13-8-4-5-9-14(13)21-15/h4-5,8-9,11-12,15H,2-3,6-7,10H2,1H3. The molecule has 2 aliphatic rings. The van der Waals surface area contributed by atoms with E-state index in [-0.39, 0.29) is 23.9 Å². The maximum Gasteiger partial charge on any atom is 0.267 e. The minimum absolute atomic E-state index is 0.0319. The number of ether oxygens (including phenoxy) is 2. The van der Waals surface area contributed by atoms with Gasteiger partial charge in [-0.1, -0.05) is 25.0 Å². The molecule has 0 bridgehead atoms. The number of fused-ring (bicyclic) bond motifs is 1. The first-order chi connectivity index (χ1) is 10.2. The number of halogens is 1. The highest BCUT2D eigenvalue weighted by atomic mass is 35.5. The maximum absolute atomic E-state index is 12.6. The van der Waals surface area contributed by atoms with Gasteiger partial charge in [-0.3, -0.25) is 4.79 Å². The summed E-state index contributed by atoms with van der Waals surface area (Å²) in [6.07, 6.45) is 3.60. The van der Waals surface area contributed by atoms with Crippen molar-refractivity contribution in [1.82, 2.24) is 4.90 Å². The number of benzene rings is 1. The third-order valence-electron chi connectivity index (χ3n) is 4.28. The average Bonchev–Trinajstić information content (AvgIpc) is 2.53. The van der Waals surface area contributed by atoms with Crippen LogP contribution in [0.4, 0.5) is 0 Å². The number of para-hydroxylation sites is 2. The number of carbonyl (C=O) groups is 1. The first kappa shape index (κ1) is 14.5. The third kappa shape index (κ3) is 2.95. The second-order valence-electron chi connectivity index (χ2n) is 5.68. The molecule has 0 spiro atoms. The predicted octanol–water partition coefficient (Wildman–Crippen LogP) is 2.83. The summed E-state index contributed by atoms with van der Waals surface area (Å²) in [7, 11) is 1.82. The van der Waals surface area contributed by atoms with Crippen LogP contribution in [0.2, 0.25) is 0 Å². The Bertz CT molecular complexity index is 522. The Hall–Kier alpha value is -1.42. The van der Waals surface area contributed by atoms with E-state index in [1.807, 2.05) is 31.3 Å². The lowest BCUT2D eigenvalue weighted by molar-refractivity contribution is -0.142. The summed E-state index contributed by atoms with van der Waals surface area (Å²) >= 11 is 6.38. The van der Waals surface area contributed by atoms with Gasteiger partial charge in [-0.25, -0.2) is 0 Å². The van der Waals surface area contributed by atoms with Crippen molar-refractivity contribution in [1.29, 1.82) is 0 Å². The summed E-state index contributed by atoms with van der Waals surface area (Å²) in [4.78, 5) is 14.4. The van der Waals surface area contributed by atoms with Crippen molar-refractivity contribution in [2.75, 3.05) is 13.7 Å². The molecule has 1 fully saturated rings. The lowest BCUT2D eigenvalue weighted by Gasteiger charge is -2.37. The number of likely N-dealkylation sites (N-methyl/N-ethyl adjacent to an activating group) is 1. The van der Waals surface area contributed by atoms with Crippen molar-refractivity contribution in [2.24, 2.45) is 0 Å². The maximum atomic E-state index is 12.6. The molecule has 21 heavy (non-hydrogen) atoms. The summed E-state index contributed by atoms with van der Waals surface area (Å²) in [5.41, 5.74) is 0. The average molecular weight is 310 g/mol. The van der Waals surface area contributed by atoms with Crippen molar-refractivity contribution in [2.45, 2.75) is 43.2 Å². The molecule has 1 aromatic carbocycles. The van der Waals surface area contributed by atoms with Crippen LogP contribution in [0.25, 0.3) is 0 Å². The molecule has 0 N–H and O–H groups in total. The van der Waals surface area contributed by atoms with Gasteiger partial charge < -0.3 is 14.4 Å². The molecule has 0 aromatic heterocycles. The van der Waals surface area contributed by atoms with Crippen LogP contribution in [0, 0.1) is 0 Å². The quantitative estimate of drug-likeness (QED) is 0.789. The molecule has 114 valence electrons. The minimum Gasteiger partial charge on any atom is -0.485 e. The monoisotopic (exact) mass is 309 g/mol. The van der Waals surface area contributed by atoms with Crippen LogP contribution in [0.5, 0.6) is 11.5 Å². The Morgan fingerprint density at radius 3 is 2.71 bits per heavy atom. The van der Waals surface area contributed by atoms with Crippen molar-refractivity contribution in [3.8, 4) is 11.5 Å². The summed E-state index contributed by atoms with van der Waals surface area (Å²) in [5, 5.41) is 0.0319. The van der Waals surface area contributed by atoms with Crippen LogP contribution < -0.4 is 9.47 Å². The zero-order chi connectivity index (χ0) is 14.8. The molecule has 1 aliphatic carbocycles. The van der Waals surface area contributed by atoms with Crippen molar-refractivity contribution >= 4 is 17.5 Å². The van der Waals surface area contributed by atoms with Gasteiger partial charge in [-0.15, -0.1) is 11.6 Å². The van der Waals surface area contributed by atoms with E-state index in [9.17, 15) is 4.79 Å². The van der Waals surface area contributed by atoms with Crippen molar-refractivity contribution in [3.63, 3.8) is 0 Å². The van der Waals surface area contributed by atoms with E-state index in [0.717, 1.165) is 25.7 Å². The molecule has 1 heterocycles. The van der Waals surface area contributed by atoms with Gasteiger partial charge in [0.2, 0.25) is 6.10 Å². The molecular formula is C16H20ClNO3. The fourth-order valence-electron chi connectivity index (χ4n) is 3.03. The largest absolute Gasteiger partial charge is 0.485 e. The molecule has 5 heteroatoms. The molecule has 1 aromatic rings. The topological polar surface area (TPSA) is 38.8 Å². The minimum atomic E-state index is -0.587. The normalized spacial score (nSPS) is 28.0. The van der Waals surface area contributed by atoms with Gasteiger partial charge in [0.1, 0.15) is 6.61 Å². The van der Waals surface area contributed by atoms with Crippen LogP contribution in [0.15, 0.2) is 24.3 Å². The lowest BCUT2D eigenvalue weighted by atomic mass is 9.93. The van der Waals surface area contributed by atoms with Crippen LogP contribution in [0.1, 0.15) is 25.7 Å². The smallest absolute Gasteiger partial charge is 0.267 e. The Balaban J connectivity index is 1.68. The van der Waals surface area contributed by atoms with Crippen LogP contribution >= 0.6 is 11.6 Å². The summed E-state index contributed by atoms with van der Waals surface area (Å²) in [5.74, 6) is 1.26. The molecule has 0 saturated heterocycles. The molecule has 3 unspecified atom stereocenters. The van der Waals surface area contributed by atoms with E-state index in [1.165, 1.54) is 0 Å². The van der Waals surface area contributed by atoms with Gasteiger partial charge in [-0.2, -0.15) is 0 Å². The Morgan fingerprint density at radius 1 is 1.24 bits per heavy atom. The van der Waals surface area contributed by atoms with Crippen LogP contribution in [0.3, 0.4) is 0 Å². The molecule has 4 nitrogen and oxygen atoms in total. The number of rotatable bonds is 2. The van der Waals surface area contributed by atoms with E-state index in [0.29, 0.717) is 11.5 Å². The molecule has 3 atom stereocenters. The first-order valence-electron chi connectivity index (χ1n) is 7.46. The zero-order valence-electron chi connectivity index (χ0n) is 12.1.